The SMILES string of the molecule is Cc1ccc2ccc(Cl)nc2c1N. The third kappa shape index (κ3) is 1.33. The number of pyridine rings is 1. The van der Waals surface area contributed by atoms with Crippen molar-refractivity contribution in [1.29, 1.82) is 0 Å². The van der Waals surface area contributed by atoms with Crippen molar-refractivity contribution in [3.05, 3.63) is 35.0 Å². The molecule has 0 saturated heterocycles. The third-order valence-electron chi connectivity index (χ3n) is 2.09. The highest BCUT2D eigenvalue weighted by Crippen LogP contribution is 2.23. The van der Waals surface area contributed by atoms with Gasteiger partial charge in [-0.25, -0.2) is 4.98 Å². The minimum atomic E-state index is 0.477. The molecule has 66 valence electrons. The van der Waals surface area contributed by atoms with Gasteiger partial charge in [0.15, 0.2) is 0 Å². The number of hydrogen-bond acceptors (Lipinski definition) is 2. The molecule has 0 bridgehead atoms. The van der Waals surface area contributed by atoms with Gasteiger partial charge in [0, 0.05) is 5.39 Å². The van der Waals surface area contributed by atoms with Crippen molar-refractivity contribution in [2.45, 2.75) is 6.92 Å². The molecule has 2 N–H and O–H groups in total. The molecule has 0 radical (unpaired) electrons. The van der Waals surface area contributed by atoms with Crippen molar-refractivity contribution in [2.24, 2.45) is 0 Å². The van der Waals surface area contributed by atoms with Gasteiger partial charge < -0.3 is 5.73 Å². The van der Waals surface area contributed by atoms with E-state index in [1.807, 2.05) is 25.1 Å². The lowest BCUT2D eigenvalue weighted by Gasteiger charge is -2.04. The van der Waals surface area contributed by atoms with Crippen molar-refractivity contribution in [1.82, 2.24) is 4.98 Å². The average Bonchev–Trinajstić information content (AvgIpc) is 2.12. The second kappa shape index (κ2) is 2.89. The summed E-state index contributed by atoms with van der Waals surface area (Å²) >= 11 is 5.78. The number of aryl methyl sites for hydroxylation is 1. The molecule has 2 rings (SSSR count). The second-order valence-corrected chi connectivity index (χ2v) is 3.39. The second-order valence-electron chi connectivity index (χ2n) is 3.00. The fourth-order valence-corrected chi connectivity index (χ4v) is 1.44. The lowest BCUT2D eigenvalue weighted by Crippen LogP contribution is -1.93. The number of fused-ring (bicyclic) bond motifs is 1. The van der Waals surface area contributed by atoms with Crippen molar-refractivity contribution >= 4 is 28.2 Å². The number of nitrogen functional groups attached to an aromatic ring is 1. The third-order valence-corrected chi connectivity index (χ3v) is 2.30. The number of nitrogens with zero attached hydrogens (tertiary/aromatic N) is 1. The van der Waals surface area contributed by atoms with Crippen LogP contribution in [-0.2, 0) is 0 Å². The Bertz CT molecular complexity index is 460. The summed E-state index contributed by atoms with van der Waals surface area (Å²) in [6, 6.07) is 7.65. The number of anilines is 1. The topological polar surface area (TPSA) is 38.9 Å². The van der Waals surface area contributed by atoms with Crippen molar-refractivity contribution in [3.8, 4) is 0 Å². The minimum Gasteiger partial charge on any atom is -0.397 e. The normalized spacial score (nSPS) is 10.6. The van der Waals surface area contributed by atoms with E-state index >= 15 is 0 Å². The van der Waals surface area contributed by atoms with Gasteiger partial charge in [-0.2, -0.15) is 0 Å². The molecule has 13 heavy (non-hydrogen) atoms. The predicted octanol–water partition coefficient (Wildman–Crippen LogP) is 2.78. The van der Waals surface area contributed by atoms with Crippen molar-refractivity contribution in [3.63, 3.8) is 0 Å². The van der Waals surface area contributed by atoms with E-state index in [9.17, 15) is 0 Å². The molecule has 0 atom stereocenters. The van der Waals surface area contributed by atoms with Crippen LogP contribution < -0.4 is 5.73 Å². The molecule has 0 unspecified atom stereocenters. The summed E-state index contributed by atoms with van der Waals surface area (Å²) in [4.78, 5) is 4.18. The van der Waals surface area contributed by atoms with Crippen LogP contribution in [0.4, 0.5) is 5.69 Å². The molecule has 2 nitrogen and oxygen atoms in total. The molecular formula is C10H9ClN2. The van der Waals surface area contributed by atoms with E-state index in [4.69, 9.17) is 17.3 Å². The highest BCUT2D eigenvalue weighted by atomic mass is 35.5. The monoisotopic (exact) mass is 192 g/mol. The first-order valence-electron chi connectivity index (χ1n) is 4.00. The molecule has 1 aromatic heterocycles. The van der Waals surface area contributed by atoms with Gasteiger partial charge in [0.25, 0.3) is 0 Å². The molecule has 0 aliphatic rings. The first-order valence-corrected chi connectivity index (χ1v) is 4.37. The Balaban J connectivity index is 2.89. The fraction of sp³-hybridized carbons (Fsp3) is 0.100. The van der Waals surface area contributed by atoms with Crippen LogP contribution in [0.15, 0.2) is 24.3 Å². The van der Waals surface area contributed by atoms with Gasteiger partial charge >= 0.3 is 0 Å². The van der Waals surface area contributed by atoms with Crippen LogP contribution in [0, 0.1) is 6.92 Å². The summed E-state index contributed by atoms with van der Waals surface area (Å²) in [5.41, 5.74) is 8.39. The first-order chi connectivity index (χ1) is 6.18. The predicted molar refractivity (Wildman–Crippen MR) is 55.9 cm³/mol. The summed E-state index contributed by atoms with van der Waals surface area (Å²) in [7, 11) is 0. The Morgan fingerprint density at radius 2 is 1.92 bits per heavy atom. The average molecular weight is 193 g/mol. The lowest BCUT2D eigenvalue weighted by molar-refractivity contribution is 1.39. The van der Waals surface area contributed by atoms with E-state index in [1.54, 1.807) is 6.07 Å². The fourth-order valence-electron chi connectivity index (χ4n) is 1.29. The molecule has 0 aliphatic carbocycles. The number of hydrogen-bond donors (Lipinski definition) is 1. The highest BCUT2D eigenvalue weighted by Gasteiger charge is 2.02. The number of nitrogens with two attached hydrogens (primary N) is 1. The van der Waals surface area contributed by atoms with Crippen LogP contribution >= 0.6 is 11.6 Å². The minimum absolute atomic E-state index is 0.477. The van der Waals surface area contributed by atoms with E-state index in [0.29, 0.717) is 10.8 Å². The maximum absolute atomic E-state index is 5.87. The standard InChI is InChI=1S/C10H9ClN2/c1-6-2-3-7-4-5-8(11)13-10(7)9(6)12/h2-5H,12H2,1H3. The van der Waals surface area contributed by atoms with Gasteiger partial charge in [-0.1, -0.05) is 23.7 Å². The van der Waals surface area contributed by atoms with Gasteiger partial charge in [-0.3, -0.25) is 0 Å². The molecule has 2 aromatic rings. The van der Waals surface area contributed by atoms with Gasteiger partial charge in [0.05, 0.1) is 11.2 Å². The zero-order valence-corrected chi connectivity index (χ0v) is 7.97. The van der Waals surface area contributed by atoms with Crippen LogP contribution in [0.3, 0.4) is 0 Å². The highest BCUT2D eigenvalue weighted by molar-refractivity contribution is 6.29. The van der Waals surface area contributed by atoms with E-state index in [2.05, 4.69) is 4.98 Å². The van der Waals surface area contributed by atoms with E-state index in [-0.39, 0.29) is 0 Å². The Morgan fingerprint density at radius 3 is 2.69 bits per heavy atom. The summed E-state index contributed by atoms with van der Waals surface area (Å²) < 4.78 is 0. The molecule has 0 amide bonds. The van der Waals surface area contributed by atoms with Crippen molar-refractivity contribution in [2.75, 3.05) is 5.73 Å². The van der Waals surface area contributed by atoms with Crippen LogP contribution in [0.2, 0.25) is 5.15 Å². The molecule has 0 saturated carbocycles. The van der Waals surface area contributed by atoms with E-state index in [1.165, 1.54) is 0 Å². The number of halogens is 1. The molecule has 3 heteroatoms. The van der Waals surface area contributed by atoms with Crippen LogP contribution in [0.1, 0.15) is 5.56 Å². The Morgan fingerprint density at radius 1 is 1.23 bits per heavy atom. The van der Waals surface area contributed by atoms with Crippen LogP contribution in [0.25, 0.3) is 10.9 Å². The quantitative estimate of drug-likeness (QED) is 0.515. The molecule has 0 spiro atoms. The van der Waals surface area contributed by atoms with Gasteiger partial charge in [0.1, 0.15) is 5.15 Å². The van der Waals surface area contributed by atoms with Gasteiger partial charge in [-0.05, 0) is 24.6 Å². The zero-order valence-electron chi connectivity index (χ0n) is 7.21. The molecular weight excluding hydrogens is 184 g/mol. The van der Waals surface area contributed by atoms with Crippen LogP contribution in [0.5, 0.6) is 0 Å². The smallest absolute Gasteiger partial charge is 0.129 e. The summed E-state index contributed by atoms with van der Waals surface area (Å²) in [6.07, 6.45) is 0. The Kier molecular flexibility index (Phi) is 1.85. The first kappa shape index (κ1) is 8.32. The molecule has 0 aliphatic heterocycles. The van der Waals surface area contributed by atoms with Crippen LogP contribution in [-0.4, -0.2) is 4.98 Å². The Labute approximate surface area is 81.3 Å². The summed E-state index contributed by atoms with van der Waals surface area (Å²) in [6.45, 7) is 1.96. The Hall–Kier alpha value is -1.28. The molecule has 0 fully saturated rings. The zero-order chi connectivity index (χ0) is 9.42. The summed E-state index contributed by atoms with van der Waals surface area (Å²) in [5.74, 6) is 0. The maximum atomic E-state index is 5.87. The van der Waals surface area contributed by atoms with Gasteiger partial charge in [-0.15, -0.1) is 0 Å². The number of rotatable bonds is 0. The summed E-state index contributed by atoms with van der Waals surface area (Å²) in [5, 5.41) is 1.50. The van der Waals surface area contributed by atoms with E-state index in [0.717, 1.165) is 16.5 Å². The van der Waals surface area contributed by atoms with Crippen molar-refractivity contribution < 1.29 is 0 Å². The van der Waals surface area contributed by atoms with Gasteiger partial charge in [0.2, 0.25) is 0 Å². The molecule has 1 aromatic carbocycles. The number of benzene rings is 1. The lowest BCUT2D eigenvalue weighted by atomic mass is 10.1. The number of aromatic nitrogens is 1. The maximum Gasteiger partial charge on any atom is 0.129 e. The largest absolute Gasteiger partial charge is 0.397 e. The molecule has 1 heterocycles. The van der Waals surface area contributed by atoms with E-state index < -0.39 is 0 Å².